The predicted molar refractivity (Wildman–Crippen MR) is 241 cm³/mol. The Morgan fingerprint density at radius 2 is 1.84 bits per heavy atom. The molecule has 13 atom stereocenters. The van der Waals surface area contributed by atoms with Gasteiger partial charge < -0.3 is 33.9 Å². The normalized spacial score (nSPS) is 37.4. The highest BCUT2D eigenvalue weighted by Gasteiger charge is 2.59. The lowest BCUT2D eigenvalue weighted by molar-refractivity contribution is -0.135. The number of halogens is 2. The van der Waals surface area contributed by atoms with E-state index < -0.39 is 0 Å². The van der Waals surface area contributed by atoms with Gasteiger partial charge in [0, 0.05) is 69.3 Å². The SMILES string of the molecule is COc1ccccc1-c1nccc(COC2CCC3CC2CCOC2NSC4CNC(c5ccc(F)cc5)C(C24)C2(C)CCC(O[C@H](CN4CCN(C)CC4)CO3)C(Cl)C2C)n1. The van der Waals surface area contributed by atoms with Crippen LogP contribution >= 0.6 is 23.5 Å². The average molecular weight is 894 g/mol. The van der Waals surface area contributed by atoms with Gasteiger partial charge in [0.15, 0.2) is 5.82 Å². The molecule has 2 N–H and O–H groups in total. The number of alkyl halides is 1. The molecular weight excluding hydrogens is 827 g/mol. The molecule has 7 fully saturated rings. The van der Waals surface area contributed by atoms with Crippen LogP contribution in [-0.4, -0.2) is 128 Å². The standard InChI is InChI=1S/C48H66ClFN6O5S/c1-30-44(49)40-15-18-48(30,2)43-42-41(26-52-45(43)31-9-11-33(50)12-10-31)62-54-47(42)58-24-17-32-25-35(59-29-36(61-40)27-56-22-20-55(3)21-23-56)13-14-38(32)60-28-34-16-19-51-46(53-34)37-7-5-6-8-39(37)57-4/h5-12,16,19,30,32,35-36,38,40-45,47,52,54H,13-15,17-18,20-29H2,1-4H3/t30?,32?,35?,36-,38?,40?,41?,42?,43?,44?,45?,47?,48?/m1/s1. The van der Waals surface area contributed by atoms with Crippen molar-refractivity contribution in [3.8, 4) is 17.1 Å². The van der Waals surface area contributed by atoms with Crippen LogP contribution in [-0.2, 0) is 25.6 Å². The summed E-state index contributed by atoms with van der Waals surface area (Å²) in [5, 5.41) is 4.10. The second-order valence-corrected chi connectivity index (χ2v) is 20.6. The quantitative estimate of drug-likeness (QED) is 0.175. The molecule has 0 radical (unpaired) electrons. The maximum Gasteiger partial charge on any atom is 0.163 e. The number of aromatic nitrogens is 2. The molecule has 2 aromatic carbocycles. The third-order valence-electron chi connectivity index (χ3n) is 15.4. The van der Waals surface area contributed by atoms with Crippen LogP contribution in [0.2, 0.25) is 0 Å². The average Bonchev–Trinajstić information content (AvgIpc) is 3.71. The Kier molecular flexibility index (Phi) is 14.4. The minimum absolute atomic E-state index is 0.0277. The minimum Gasteiger partial charge on any atom is -0.496 e. The molecule has 4 bridgehead atoms. The van der Waals surface area contributed by atoms with E-state index in [-0.39, 0.29) is 77.0 Å². The van der Waals surface area contributed by atoms with Crippen LogP contribution in [0.4, 0.5) is 4.39 Å². The fourth-order valence-corrected chi connectivity index (χ4v) is 13.2. The molecular formula is C48H66ClFN6O5S. The largest absolute Gasteiger partial charge is 0.496 e. The van der Waals surface area contributed by atoms with Crippen molar-refractivity contribution in [3.05, 3.63) is 77.9 Å². The molecule has 338 valence electrons. The molecule has 6 heterocycles. The fraction of sp³-hybridized carbons (Fsp3) is 0.667. The van der Waals surface area contributed by atoms with Gasteiger partial charge in [-0.25, -0.2) is 19.1 Å². The predicted octanol–water partition coefficient (Wildman–Crippen LogP) is 7.35. The number of ether oxygens (including phenoxy) is 5. The fourth-order valence-electron chi connectivity index (χ4n) is 11.6. The van der Waals surface area contributed by atoms with Crippen LogP contribution < -0.4 is 14.8 Å². The summed E-state index contributed by atoms with van der Waals surface area (Å²) in [6.45, 7) is 12.1. The van der Waals surface area contributed by atoms with Crippen LogP contribution in [0.3, 0.4) is 0 Å². The maximum atomic E-state index is 14.4. The number of para-hydroxylation sites is 1. The number of hydrogen-bond acceptors (Lipinski definition) is 12. The van der Waals surface area contributed by atoms with Crippen molar-refractivity contribution < 1.29 is 28.1 Å². The molecule has 11 nitrogen and oxygen atoms in total. The summed E-state index contributed by atoms with van der Waals surface area (Å²) in [4.78, 5) is 14.4. The zero-order valence-electron chi connectivity index (χ0n) is 36.8. The summed E-state index contributed by atoms with van der Waals surface area (Å²) in [7, 11) is 3.87. The molecule has 2 aliphatic carbocycles. The van der Waals surface area contributed by atoms with E-state index in [1.165, 1.54) is 0 Å². The molecule has 14 heteroatoms. The third-order valence-corrected chi connectivity index (χ3v) is 17.2. The highest BCUT2D eigenvalue weighted by Crippen LogP contribution is 2.59. The number of methoxy groups -OCH3 is 1. The minimum atomic E-state index is -0.217. The summed E-state index contributed by atoms with van der Waals surface area (Å²) in [5.74, 6) is 1.93. The third kappa shape index (κ3) is 9.73. The van der Waals surface area contributed by atoms with Gasteiger partial charge in [-0.05, 0) is 105 Å². The zero-order valence-corrected chi connectivity index (χ0v) is 38.4. The number of piperazine rings is 1. The second kappa shape index (κ2) is 20.0. The Labute approximate surface area is 377 Å². The van der Waals surface area contributed by atoms with Gasteiger partial charge in [0.05, 0.1) is 61.4 Å². The summed E-state index contributed by atoms with van der Waals surface area (Å²) >= 11 is 9.47. The Morgan fingerprint density at radius 3 is 2.66 bits per heavy atom. The Morgan fingerprint density at radius 1 is 1.02 bits per heavy atom. The lowest BCUT2D eigenvalue weighted by atomic mass is 9.53. The van der Waals surface area contributed by atoms with E-state index in [1.54, 1.807) is 37.4 Å². The van der Waals surface area contributed by atoms with Crippen molar-refractivity contribution in [2.24, 2.45) is 29.1 Å². The van der Waals surface area contributed by atoms with E-state index in [2.05, 4.69) is 45.7 Å². The molecule has 7 aliphatic rings. The molecule has 0 spiro atoms. The van der Waals surface area contributed by atoms with Gasteiger partial charge in [-0.1, -0.05) is 50.1 Å². The second-order valence-electron chi connectivity index (χ2n) is 19.0. The molecule has 3 aromatic rings. The highest BCUT2D eigenvalue weighted by molar-refractivity contribution is 7.98. The van der Waals surface area contributed by atoms with Gasteiger partial charge in [0.1, 0.15) is 17.8 Å². The van der Waals surface area contributed by atoms with Crippen LogP contribution in [0.25, 0.3) is 11.4 Å². The Bertz CT molecular complexity index is 1930. The summed E-state index contributed by atoms with van der Waals surface area (Å²) in [5.41, 5.74) is 2.67. The first kappa shape index (κ1) is 44.8. The Hall–Kier alpha value is -2.43. The van der Waals surface area contributed by atoms with E-state index >= 15 is 0 Å². The number of nitrogens with one attached hydrogen (secondary N) is 2. The lowest BCUT2D eigenvalue weighted by Crippen LogP contribution is -2.60. The van der Waals surface area contributed by atoms with Gasteiger partial charge in [-0.15, -0.1) is 11.6 Å². The molecule has 12 unspecified atom stereocenters. The molecule has 10 rings (SSSR count). The number of benzene rings is 2. The first-order valence-electron chi connectivity index (χ1n) is 23.1. The van der Waals surface area contributed by atoms with Crippen molar-refractivity contribution in [1.82, 2.24) is 29.8 Å². The maximum absolute atomic E-state index is 14.4. The Balaban J connectivity index is 0.984. The van der Waals surface area contributed by atoms with E-state index in [9.17, 15) is 4.39 Å². The van der Waals surface area contributed by atoms with Gasteiger partial charge in [-0.2, -0.15) is 0 Å². The summed E-state index contributed by atoms with van der Waals surface area (Å²) in [6.07, 6.45) is 7.02. The first-order chi connectivity index (χ1) is 30.2. The van der Waals surface area contributed by atoms with Gasteiger partial charge in [0.25, 0.3) is 0 Å². The first-order valence-corrected chi connectivity index (χ1v) is 24.4. The van der Waals surface area contributed by atoms with E-state index in [1.807, 2.05) is 42.5 Å². The van der Waals surface area contributed by atoms with E-state index in [0.717, 1.165) is 100 Å². The smallest absolute Gasteiger partial charge is 0.163 e. The van der Waals surface area contributed by atoms with Crippen LogP contribution in [0, 0.1) is 34.9 Å². The van der Waals surface area contributed by atoms with Crippen molar-refractivity contribution in [2.45, 2.75) is 106 Å². The molecule has 5 saturated heterocycles. The van der Waals surface area contributed by atoms with Crippen LogP contribution in [0.15, 0.2) is 60.8 Å². The monoisotopic (exact) mass is 892 g/mol. The number of nitrogens with zero attached hydrogens (tertiary/aromatic N) is 4. The number of likely N-dealkylation sites (N-methyl/N-ethyl adjacent to an activating group) is 1. The molecule has 5 aliphatic heterocycles. The van der Waals surface area contributed by atoms with Crippen molar-refractivity contribution in [2.75, 3.05) is 66.6 Å². The molecule has 0 amide bonds. The van der Waals surface area contributed by atoms with Gasteiger partial charge >= 0.3 is 0 Å². The van der Waals surface area contributed by atoms with Crippen LogP contribution in [0.5, 0.6) is 5.75 Å². The molecule has 1 aromatic heterocycles. The van der Waals surface area contributed by atoms with E-state index in [4.69, 9.17) is 40.3 Å². The highest BCUT2D eigenvalue weighted by atomic mass is 35.5. The van der Waals surface area contributed by atoms with Crippen molar-refractivity contribution in [1.29, 1.82) is 0 Å². The van der Waals surface area contributed by atoms with Crippen molar-refractivity contribution >= 4 is 23.5 Å². The van der Waals surface area contributed by atoms with Crippen LogP contribution in [0.1, 0.15) is 69.7 Å². The molecule has 2 saturated carbocycles. The number of fused-ring (bicyclic) bond motifs is 7. The van der Waals surface area contributed by atoms with Crippen molar-refractivity contribution in [3.63, 3.8) is 0 Å². The number of piperidine rings is 1. The molecule has 62 heavy (non-hydrogen) atoms. The summed E-state index contributed by atoms with van der Waals surface area (Å²) in [6, 6.07) is 16.9. The number of hydrogen-bond donors (Lipinski definition) is 2. The number of rotatable bonds is 8. The van der Waals surface area contributed by atoms with Gasteiger partial charge in [-0.3, -0.25) is 4.90 Å². The van der Waals surface area contributed by atoms with Gasteiger partial charge in [0.2, 0.25) is 0 Å². The zero-order chi connectivity index (χ0) is 42.8. The topological polar surface area (TPSA) is 102 Å². The van der Waals surface area contributed by atoms with E-state index in [0.29, 0.717) is 30.9 Å². The lowest BCUT2D eigenvalue weighted by Gasteiger charge is -2.57. The summed E-state index contributed by atoms with van der Waals surface area (Å²) < 4.78 is 51.7.